The van der Waals surface area contributed by atoms with Crippen LogP contribution in [0.4, 0.5) is 10.1 Å². The van der Waals surface area contributed by atoms with E-state index in [0.29, 0.717) is 12.0 Å². The molecular formula is C18H29FN2. The lowest BCUT2D eigenvalue weighted by Crippen LogP contribution is -2.29. The van der Waals surface area contributed by atoms with Crippen LogP contribution in [0.2, 0.25) is 0 Å². The van der Waals surface area contributed by atoms with Gasteiger partial charge in [-0.15, -0.1) is 0 Å². The number of anilines is 1. The SMILES string of the molecule is CCCNCc1cc(F)ccc1N(CCC(C)C)C1CC1. The van der Waals surface area contributed by atoms with Crippen molar-refractivity contribution in [3.63, 3.8) is 0 Å². The van der Waals surface area contributed by atoms with Gasteiger partial charge in [-0.1, -0.05) is 20.8 Å². The van der Waals surface area contributed by atoms with E-state index in [-0.39, 0.29) is 5.82 Å². The van der Waals surface area contributed by atoms with Gasteiger partial charge in [-0.3, -0.25) is 0 Å². The summed E-state index contributed by atoms with van der Waals surface area (Å²) in [5.74, 6) is 0.569. The summed E-state index contributed by atoms with van der Waals surface area (Å²) >= 11 is 0. The van der Waals surface area contributed by atoms with E-state index in [2.05, 4.69) is 31.0 Å². The van der Waals surface area contributed by atoms with Gasteiger partial charge in [0.05, 0.1) is 0 Å². The zero-order valence-electron chi connectivity index (χ0n) is 13.7. The van der Waals surface area contributed by atoms with Crippen LogP contribution in [-0.4, -0.2) is 19.1 Å². The molecule has 1 aromatic rings. The summed E-state index contributed by atoms with van der Waals surface area (Å²) in [6.07, 6.45) is 4.84. The molecule has 118 valence electrons. The molecule has 0 bridgehead atoms. The second-order valence-electron chi connectivity index (χ2n) is 6.56. The lowest BCUT2D eigenvalue weighted by atomic mass is 10.1. The Morgan fingerprint density at radius 1 is 1.33 bits per heavy atom. The summed E-state index contributed by atoms with van der Waals surface area (Å²) in [7, 11) is 0. The van der Waals surface area contributed by atoms with E-state index in [9.17, 15) is 4.39 Å². The monoisotopic (exact) mass is 292 g/mol. The highest BCUT2D eigenvalue weighted by atomic mass is 19.1. The molecule has 1 N–H and O–H groups in total. The Bertz CT molecular complexity index is 441. The van der Waals surface area contributed by atoms with E-state index in [1.54, 1.807) is 12.1 Å². The molecule has 0 spiro atoms. The van der Waals surface area contributed by atoms with Crippen LogP contribution in [0.1, 0.15) is 52.0 Å². The molecule has 1 aromatic carbocycles. The Hall–Kier alpha value is -1.09. The van der Waals surface area contributed by atoms with Gasteiger partial charge in [-0.25, -0.2) is 4.39 Å². The third-order valence-electron chi connectivity index (χ3n) is 4.03. The molecule has 0 amide bonds. The van der Waals surface area contributed by atoms with Gasteiger partial charge in [0.15, 0.2) is 0 Å². The van der Waals surface area contributed by atoms with Gasteiger partial charge in [0.2, 0.25) is 0 Å². The topological polar surface area (TPSA) is 15.3 Å². The third kappa shape index (κ3) is 4.99. The van der Waals surface area contributed by atoms with Gasteiger partial charge in [-0.2, -0.15) is 0 Å². The summed E-state index contributed by atoms with van der Waals surface area (Å²) in [4.78, 5) is 2.50. The van der Waals surface area contributed by atoms with Crippen LogP contribution in [0.25, 0.3) is 0 Å². The summed E-state index contributed by atoms with van der Waals surface area (Å²) < 4.78 is 13.6. The van der Waals surface area contributed by atoms with Crippen LogP contribution in [-0.2, 0) is 6.54 Å². The van der Waals surface area contributed by atoms with Crippen molar-refractivity contribution in [2.45, 2.75) is 59.0 Å². The highest BCUT2D eigenvalue weighted by Gasteiger charge is 2.30. The molecule has 21 heavy (non-hydrogen) atoms. The molecule has 0 radical (unpaired) electrons. The second kappa shape index (κ2) is 7.79. The maximum absolute atomic E-state index is 13.6. The highest BCUT2D eigenvalue weighted by Crippen LogP contribution is 2.34. The van der Waals surface area contributed by atoms with E-state index in [1.807, 2.05) is 6.07 Å². The normalized spacial score (nSPS) is 14.7. The minimum atomic E-state index is -0.133. The lowest BCUT2D eigenvalue weighted by molar-refractivity contribution is 0.567. The van der Waals surface area contributed by atoms with Gasteiger partial charge in [0.25, 0.3) is 0 Å². The van der Waals surface area contributed by atoms with E-state index in [0.717, 1.165) is 31.6 Å². The smallest absolute Gasteiger partial charge is 0.123 e. The summed E-state index contributed by atoms with van der Waals surface area (Å²) in [6.45, 7) is 9.49. The van der Waals surface area contributed by atoms with E-state index < -0.39 is 0 Å². The minimum absolute atomic E-state index is 0.133. The average molecular weight is 292 g/mol. The van der Waals surface area contributed by atoms with Crippen LogP contribution >= 0.6 is 0 Å². The molecule has 0 unspecified atom stereocenters. The molecule has 2 rings (SSSR count). The predicted molar refractivity (Wildman–Crippen MR) is 88.2 cm³/mol. The summed E-state index contributed by atoms with van der Waals surface area (Å²) in [5.41, 5.74) is 2.32. The molecular weight excluding hydrogens is 263 g/mol. The fraction of sp³-hybridized carbons (Fsp3) is 0.667. The molecule has 0 saturated heterocycles. The Labute approximate surface area is 128 Å². The quantitative estimate of drug-likeness (QED) is 0.681. The van der Waals surface area contributed by atoms with E-state index >= 15 is 0 Å². The molecule has 0 atom stereocenters. The van der Waals surface area contributed by atoms with Crippen molar-refractivity contribution < 1.29 is 4.39 Å². The second-order valence-corrected chi connectivity index (χ2v) is 6.56. The number of rotatable bonds is 9. The average Bonchev–Trinajstić information content (AvgIpc) is 3.25. The van der Waals surface area contributed by atoms with Crippen molar-refractivity contribution in [1.82, 2.24) is 5.32 Å². The van der Waals surface area contributed by atoms with Crippen molar-refractivity contribution in [3.8, 4) is 0 Å². The minimum Gasteiger partial charge on any atom is -0.368 e. The van der Waals surface area contributed by atoms with E-state index in [4.69, 9.17) is 0 Å². The first-order valence-corrected chi connectivity index (χ1v) is 8.37. The Kier molecular flexibility index (Phi) is 6.04. The molecule has 0 aliphatic heterocycles. The van der Waals surface area contributed by atoms with Gasteiger partial charge in [0, 0.05) is 24.8 Å². The fourth-order valence-corrected chi connectivity index (χ4v) is 2.66. The van der Waals surface area contributed by atoms with Crippen molar-refractivity contribution in [2.75, 3.05) is 18.0 Å². The Balaban J connectivity index is 2.13. The van der Waals surface area contributed by atoms with Crippen LogP contribution in [0.15, 0.2) is 18.2 Å². The van der Waals surface area contributed by atoms with Crippen molar-refractivity contribution in [2.24, 2.45) is 5.92 Å². The van der Waals surface area contributed by atoms with Crippen LogP contribution in [0.5, 0.6) is 0 Å². The van der Waals surface area contributed by atoms with Gasteiger partial charge in [-0.05, 0) is 61.9 Å². The number of nitrogens with zero attached hydrogens (tertiary/aromatic N) is 1. The maximum Gasteiger partial charge on any atom is 0.123 e. The molecule has 1 aliphatic rings. The molecule has 1 aliphatic carbocycles. The molecule has 3 heteroatoms. The summed E-state index contributed by atoms with van der Waals surface area (Å²) in [5, 5.41) is 3.40. The Morgan fingerprint density at radius 2 is 2.10 bits per heavy atom. The van der Waals surface area contributed by atoms with Crippen molar-refractivity contribution >= 4 is 5.69 Å². The highest BCUT2D eigenvalue weighted by molar-refractivity contribution is 5.55. The zero-order chi connectivity index (χ0) is 15.2. The third-order valence-corrected chi connectivity index (χ3v) is 4.03. The number of hydrogen-bond donors (Lipinski definition) is 1. The predicted octanol–water partition coefficient (Wildman–Crippen LogP) is 4.34. The number of halogens is 1. The molecule has 1 fully saturated rings. The molecule has 2 nitrogen and oxygen atoms in total. The van der Waals surface area contributed by atoms with Crippen LogP contribution < -0.4 is 10.2 Å². The van der Waals surface area contributed by atoms with Crippen LogP contribution in [0, 0.1) is 11.7 Å². The Morgan fingerprint density at radius 3 is 2.71 bits per heavy atom. The fourth-order valence-electron chi connectivity index (χ4n) is 2.66. The zero-order valence-corrected chi connectivity index (χ0v) is 13.7. The van der Waals surface area contributed by atoms with E-state index in [1.165, 1.54) is 24.9 Å². The number of benzene rings is 1. The summed E-state index contributed by atoms with van der Waals surface area (Å²) in [6, 6.07) is 5.93. The first kappa shape index (κ1) is 16.3. The number of hydrogen-bond acceptors (Lipinski definition) is 2. The molecule has 0 heterocycles. The van der Waals surface area contributed by atoms with Crippen molar-refractivity contribution in [1.29, 1.82) is 0 Å². The van der Waals surface area contributed by atoms with Gasteiger partial charge >= 0.3 is 0 Å². The lowest BCUT2D eigenvalue weighted by Gasteiger charge is -2.28. The first-order valence-electron chi connectivity index (χ1n) is 8.37. The standard InChI is InChI=1S/C18H29FN2/c1-4-10-20-13-15-12-16(19)5-8-18(15)21(17-6-7-17)11-9-14(2)3/h5,8,12,14,17,20H,4,6-7,9-11,13H2,1-3H3. The van der Waals surface area contributed by atoms with Crippen LogP contribution in [0.3, 0.4) is 0 Å². The van der Waals surface area contributed by atoms with Gasteiger partial charge in [0.1, 0.15) is 5.82 Å². The van der Waals surface area contributed by atoms with Gasteiger partial charge < -0.3 is 10.2 Å². The van der Waals surface area contributed by atoms with Crippen molar-refractivity contribution in [3.05, 3.63) is 29.6 Å². The molecule has 0 aromatic heterocycles. The largest absolute Gasteiger partial charge is 0.368 e. The molecule has 1 saturated carbocycles. The maximum atomic E-state index is 13.6. The number of nitrogens with one attached hydrogen (secondary N) is 1. The first-order chi connectivity index (χ1) is 10.1.